The Kier molecular flexibility index (Phi) is 4.55. The van der Waals surface area contributed by atoms with E-state index in [4.69, 9.17) is 4.74 Å². The summed E-state index contributed by atoms with van der Waals surface area (Å²) >= 11 is 1.46. The van der Waals surface area contributed by atoms with Gasteiger partial charge in [0, 0.05) is 49.4 Å². The van der Waals surface area contributed by atoms with Crippen LogP contribution < -0.4 is 4.72 Å². The molecule has 0 spiro atoms. The highest BCUT2D eigenvalue weighted by atomic mass is 32.2. The standard InChI is InChI=1S/C15H19N5O4S2/c1-24-15(21)11-8-17-13(14-16-3-6-25-14)20-9-10(7-12(11)20)18-26(22,23)19-4-2-5-19/h3,6,10,18H,2,4-5,7-9H2,1H3. The number of carbonyl (C=O) groups excluding carboxylic acids is 1. The second kappa shape index (κ2) is 6.72. The van der Waals surface area contributed by atoms with Crippen molar-refractivity contribution in [3.05, 3.63) is 27.9 Å². The van der Waals surface area contributed by atoms with E-state index < -0.39 is 16.2 Å². The van der Waals surface area contributed by atoms with E-state index in [2.05, 4.69) is 14.7 Å². The minimum absolute atomic E-state index is 0.207. The Labute approximate surface area is 155 Å². The lowest BCUT2D eigenvalue weighted by Crippen LogP contribution is -2.51. The van der Waals surface area contributed by atoms with Gasteiger partial charge in [-0.05, 0) is 6.42 Å². The highest BCUT2D eigenvalue weighted by Crippen LogP contribution is 2.32. The molecule has 2 fully saturated rings. The summed E-state index contributed by atoms with van der Waals surface area (Å²) in [5.74, 6) is 0.242. The molecule has 9 nitrogen and oxygen atoms in total. The molecule has 26 heavy (non-hydrogen) atoms. The first kappa shape index (κ1) is 17.6. The number of hydrogen-bond donors (Lipinski definition) is 1. The van der Waals surface area contributed by atoms with Crippen LogP contribution in [0.25, 0.3) is 0 Å². The Morgan fingerprint density at radius 1 is 1.42 bits per heavy atom. The van der Waals surface area contributed by atoms with Crippen molar-refractivity contribution < 1.29 is 17.9 Å². The number of aromatic nitrogens is 1. The summed E-state index contributed by atoms with van der Waals surface area (Å²) in [5.41, 5.74) is 1.23. The third-order valence-electron chi connectivity index (χ3n) is 4.69. The minimum Gasteiger partial charge on any atom is -0.466 e. The first-order chi connectivity index (χ1) is 12.5. The maximum Gasteiger partial charge on any atom is 0.337 e. The molecule has 3 aliphatic rings. The fraction of sp³-hybridized carbons (Fsp3) is 0.533. The zero-order valence-corrected chi connectivity index (χ0v) is 15.8. The van der Waals surface area contributed by atoms with Crippen LogP contribution in [-0.4, -0.2) is 73.7 Å². The van der Waals surface area contributed by atoms with Crippen LogP contribution in [0.2, 0.25) is 0 Å². The van der Waals surface area contributed by atoms with Crippen LogP contribution >= 0.6 is 11.3 Å². The van der Waals surface area contributed by atoms with Crippen molar-refractivity contribution in [3.8, 4) is 0 Å². The molecule has 0 bridgehead atoms. The zero-order chi connectivity index (χ0) is 18.3. The second-order valence-electron chi connectivity index (χ2n) is 6.28. The third-order valence-corrected chi connectivity index (χ3v) is 7.13. The van der Waals surface area contributed by atoms with E-state index in [9.17, 15) is 13.2 Å². The van der Waals surface area contributed by atoms with Gasteiger partial charge < -0.3 is 9.64 Å². The number of hydrogen-bond acceptors (Lipinski definition) is 8. The van der Waals surface area contributed by atoms with Gasteiger partial charge in [-0.15, -0.1) is 11.3 Å². The predicted octanol–water partition coefficient (Wildman–Crippen LogP) is -0.0552. The van der Waals surface area contributed by atoms with Crippen molar-refractivity contribution in [2.45, 2.75) is 18.9 Å². The van der Waals surface area contributed by atoms with E-state index in [1.165, 1.54) is 22.8 Å². The van der Waals surface area contributed by atoms with Gasteiger partial charge in [0.1, 0.15) is 0 Å². The number of aliphatic imine (C=N–C) groups is 1. The normalized spacial score (nSPS) is 23.5. The first-order valence-corrected chi connectivity index (χ1v) is 10.6. The molecule has 0 saturated carbocycles. The number of rotatable bonds is 5. The minimum atomic E-state index is -3.50. The van der Waals surface area contributed by atoms with E-state index in [1.54, 1.807) is 6.20 Å². The number of esters is 1. The average Bonchev–Trinajstić information content (AvgIpc) is 3.19. The molecule has 1 N–H and O–H groups in total. The Bertz CT molecular complexity index is 874. The molecular weight excluding hydrogens is 378 g/mol. The molecule has 4 rings (SSSR count). The quantitative estimate of drug-likeness (QED) is 0.699. The summed E-state index contributed by atoms with van der Waals surface area (Å²) in [4.78, 5) is 22.8. The number of amidine groups is 1. The van der Waals surface area contributed by atoms with Crippen LogP contribution in [0.5, 0.6) is 0 Å². The van der Waals surface area contributed by atoms with Gasteiger partial charge in [0.2, 0.25) is 0 Å². The molecule has 1 atom stereocenters. The van der Waals surface area contributed by atoms with Crippen LogP contribution in [0.4, 0.5) is 0 Å². The van der Waals surface area contributed by atoms with Gasteiger partial charge in [-0.3, -0.25) is 4.99 Å². The predicted molar refractivity (Wildman–Crippen MR) is 95.9 cm³/mol. The Morgan fingerprint density at radius 3 is 2.85 bits per heavy atom. The molecule has 11 heteroatoms. The summed E-state index contributed by atoms with van der Waals surface area (Å²) in [6.07, 6.45) is 3.00. The maximum absolute atomic E-state index is 12.4. The molecule has 0 amide bonds. The van der Waals surface area contributed by atoms with E-state index in [-0.39, 0.29) is 12.6 Å². The number of thiazole rings is 1. The van der Waals surface area contributed by atoms with Crippen molar-refractivity contribution in [2.24, 2.45) is 4.99 Å². The molecule has 3 aliphatic heterocycles. The molecule has 1 aromatic heterocycles. The fourth-order valence-electron chi connectivity index (χ4n) is 3.28. The number of carbonyl (C=O) groups is 1. The summed E-state index contributed by atoms with van der Waals surface area (Å²) in [5, 5.41) is 2.61. The molecule has 0 aromatic carbocycles. The van der Waals surface area contributed by atoms with E-state index in [0.29, 0.717) is 37.5 Å². The molecule has 0 radical (unpaired) electrons. The van der Waals surface area contributed by atoms with Crippen molar-refractivity contribution in [1.29, 1.82) is 0 Å². The van der Waals surface area contributed by atoms with Gasteiger partial charge in [-0.2, -0.15) is 17.4 Å². The lowest BCUT2D eigenvalue weighted by atomic mass is 10.1. The van der Waals surface area contributed by atoms with Gasteiger partial charge in [-0.1, -0.05) is 0 Å². The molecule has 2 saturated heterocycles. The molecule has 0 aliphatic carbocycles. The van der Waals surface area contributed by atoms with Gasteiger partial charge in [0.05, 0.1) is 19.2 Å². The number of nitrogens with zero attached hydrogens (tertiary/aromatic N) is 4. The van der Waals surface area contributed by atoms with Gasteiger partial charge >= 0.3 is 5.97 Å². The Morgan fingerprint density at radius 2 is 2.23 bits per heavy atom. The SMILES string of the molecule is COC(=O)C1=C2CC(NS(=O)(=O)N3CCC3)CN2C(c2nccs2)=NC1. The molecule has 4 heterocycles. The molecule has 1 unspecified atom stereocenters. The number of fused-ring (bicyclic) bond motifs is 1. The van der Waals surface area contributed by atoms with E-state index >= 15 is 0 Å². The van der Waals surface area contributed by atoms with Crippen molar-refractivity contribution in [2.75, 3.05) is 33.3 Å². The van der Waals surface area contributed by atoms with Crippen molar-refractivity contribution in [3.63, 3.8) is 0 Å². The summed E-state index contributed by atoms with van der Waals surface area (Å²) in [6, 6.07) is -0.335. The molecule has 140 valence electrons. The van der Waals surface area contributed by atoms with Gasteiger partial charge in [0.25, 0.3) is 10.2 Å². The highest BCUT2D eigenvalue weighted by Gasteiger charge is 2.40. The number of ether oxygens (including phenoxy) is 1. The van der Waals surface area contributed by atoms with Gasteiger partial charge in [0.15, 0.2) is 10.8 Å². The first-order valence-electron chi connectivity index (χ1n) is 8.29. The number of nitrogens with one attached hydrogen (secondary N) is 1. The average molecular weight is 397 g/mol. The van der Waals surface area contributed by atoms with Crippen LogP contribution in [0.15, 0.2) is 27.8 Å². The summed E-state index contributed by atoms with van der Waals surface area (Å²) < 4.78 is 33.9. The van der Waals surface area contributed by atoms with E-state index in [0.717, 1.165) is 17.1 Å². The number of methoxy groups -OCH3 is 1. The lowest BCUT2D eigenvalue weighted by Gasteiger charge is -2.31. The molecule has 1 aromatic rings. The second-order valence-corrected chi connectivity index (χ2v) is 8.88. The Hall–Kier alpha value is -1.82. The molecular formula is C15H19N5O4S2. The zero-order valence-electron chi connectivity index (χ0n) is 14.2. The van der Waals surface area contributed by atoms with Crippen LogP contribution in [-0.2, 0) is 19.7 Å². The Balaban J connectivity index is 1.61. The highest BCUT2D eigenvalue weighted by molar-refractivity contribution is 7.87. The third kappa shape index (κ3) is 3.04. The van der Waals surface area contributed by atoms with Crippen molar-refractivity contribution >= 4 is 33.4 Å². The largest absolute Gasteiger partial charge is 0.466 e. The summed E-state index contributed by atoms with van der Waals surface area (Å²) in [7, 11) is -2.17. The maximum atomic E-state index is 12.4. The smallest absolute Gasteiger partial charge is 0.337 e. The summed E-state index contributed by atoms with van der Waals surface area (Å²) in [6.45, 7) is 1.71. The monoisotopic (exact) mass is 397 g/mol. The van der Waals surface area contributed by atoms with Crippen LogP contribution in [0, 0.1) is 0 Å². The van der Waals surface area contributed by atoms with Crippen molar-refractivity contribution in [1.82, 2.24) is 18.9 Å². The lowest BCUT2D eigenvalue weighted by molar-refractivity contribution is -0.136. The van der Waals surface area contributed by atoms with Gasteiger partial charge in [-0.25, -0.2) is 9.78 Å². The van der Waals surface area contributed by atoms with Crippen LogP contribution in [0.1, 0.15) is 17.8 Å². The van der Waals surface area contributed by atoms with Crippen LogP contribution in [0.3, 0.4) is 0 Å². The van der Waals surface area contributed by atoms with E-state index in [1.807, 2.05) is 10.3 Å². The topological polar surface area (TPSA) is 104 Å². The fourth-order valence-corrected chi connectivity index (χ4v) is 5.40.